The Morgan fingerprint density at radius 2 is 2.04 bits per heavy atom. The summed E-state index contributed by atoms with van der Waals surface area (Å²) in [5.74, 6) is -0.639. The van der Waals surface area contributed by atoms with E-state index in [-0.39, 0.29) is 0 Å². The molecule has 0 aliphatic rings. The molecule has 24 heavy (non-hydrogen) atoms. The number of carbonyl (C=O) groups excluding carboxylic acids is 2. The van der Waals surface area contributed by atoms with Crippen molar-refractivity contribution in [1.82, 2.24) is 10.9 Å². The maximum absolute atomic E-state index is 11.9. The number of amides is 2. The van der Waals surface area contributed by atoms with Crippen LogP contribution in [0.3, 0.4) is 0 Å². The van der Waals surface area contributed by atoms with Gasteiger partial charge >= 0.3 is 0 Å². The molecule has 0 spiro atoms. The number of benzene rings is 1. The number of halogens is 2. The molecular formula is C16H14Cl2N2O3S. The summed E-state index contributed by atoms with van der Waals surface area (Å²) in [7, 11) is 0. The van der Waals surface area contributed by atoms with Gasteiger partial charge in [-0.3, -0.25) is 20.4 Å². The van der Waals surface area contributed by atoms with E-state index in [9.17, 15) is 9.59 Å². The summed E-state index contributed by atoms with van der Waals surface area (Å²) in [5, 5.41) is 2.67. The molecule has 126 valence electrons. The third kappa shape index (κ3) is 5.56. The summed E-state index contributed by atoms with van der Waals surface area (Å²) in [5.41, 5.74) is 4.56. The van der Waals surface area contributed by atoms with Crippen molar-refractivity contribution in [3.63, 3.8) is 0 Å². The van der Waals surface area contributed by atoms with E-state index in [0.29, 0.717) is 15.8 Å². The molecule has 0 saturated heterocycles. The highest BCUT2D eigenvalue weighted by Gasteiger charge is 2.16. The van der Waals surface area contributed by atoms with Crippen molar-refractivity contribution in [2.45, 2.75) is 13.0 Å². The Hall–Kier alpha value is -2.02. The van der Waals surface area contributed by atoms with Crippen LogP contribution in [0.4, 0.5) is 0 Å². The Morgan fingerprint density at radius 3 is 2.71 bits per heavy atom. The van der Waals surface area contributed by atoms with Crippen LogP contribution >= 0.6 is 34.5 Å². The molecule has 2 rings (SSSR count). The number of ether oxygens (including phenoxy) is 1. The number of rotatable bonds is 5. The Morgan fingerprint density at radius 1 is 1.25 bits per heavy atom. The molecule has 0 fully saturated rings. The van der Waals surface area contributed by atoms with Gasteiger partial charge in [-0.25, -0.2) is 0 Å². The minimum absolute atomic E-state index is 0.296. The van der Waals surface area contributed by atoms with E-state index in [2.05, 4.69) is 10.9 Å². The van der Waals surface area contributed by atoms with Gasteiger partial charge in [-0.2, -0.15) is 0 Å². The van der Waals surface area contributed by atoms with Crippen LogP contribution in [0.15, 0.2) is 41.8 Å². The SMILES string of the molecule is CC(Oc1ccc(Cl)cc1Cl)C(=O)NNC(=O)C=Cc1cccs1. The third-order valence-electron chi connectivity index (χ3n) is 2.82. The normalized spacial score (nSPS) is 12.0. The van der Waals surface area contributed by atoms with Gasteiger partial charge in [-0.15, -0.1) is 11.3 Å². The quantitative estimate of drug-likeness (QED) is 0.610. The number of hydrogen-bond donors (Lipinski definition) is 2. The molecule has 0 radical (unpaired) electrons. The lowest BCUT2D eigenvalue weighted by Crippen LogP contribution is -2.46. The second kappa shape index (κ2) is 8.73. The van der Waals surface area contributed by atoms with E-state index in [1.807, 2.05) is 17.5 Å². The largest absolute Gasteiger partial charge is 0.479 e. The fourth-order valence-electron chi connectivity index (χ4n) is 1.63. The van der Waals surface area contributed by atoms with Crippen LogP contribution in [0.25, 0.3) is 6.08 Å². The standard InChI is InChI=1S/C16H14Cl2N2O3S/c1-10(23-14-6-4-11(17)9-13(14)18)16(22)20-19-15(21)7-5-12-3-2-8-24-12/h2-10H,1H3,(H,19,21)(H,20,22). The maximum Gasteiger partial charge on any atom is 0.279 e. The average Bonchev–Trinajstić information content (AvgIpc) is 3.06. The Labute approximate surface area is 153 Å². The molecule has 0 bridgehead atoms. The van der Waals surface area contributed by atoms with Crippen molar-refractivity contribution in [2.24, 2.45) is 0 Å². The molecule has 2 amide bonds. The highest BCUT2D eigenvalue weighted by molar-refractivity contribution is 7.10. The molecule has 2 N–H and O–H groups in total. The van der Waals surface area contributed by atoms with Crippen molar-refractivity contribution in [3.8, 4) is 5.75 Å². The molecule has 0 aliphatic carbocycles. The number of hydrogen-bond acceptors (Lipinski definition) is 4. The first kappa shape index (κ1) is 18.3. The van der Waals surface area contributed by atoms with Crippen molar-refractivity contribution in [1.29, 1.82) is 0 Å². The van der Waals surface area contributed by atoms with Crippen LogP contribution in [0.2, 0.25) is 10.0 Å². The summed E-state index contributed by atoms with van der Waals surface area (Å²) >= 11 is 13.3. The van der Waals surface area contributed by atoms with Gasteiger partial charge in [0.05, 0.1) is 5.02 Å². The zero-order chi connectivity index (χ0) is 17.5. The van der Waals surface area contributed by atoms with Crippen LogP contribution in [0.1, 0.15) is 11.8 Å². The number of carbonyl (C=O) groups is 2. The van der Waals surface area contributed by atoms with Gasteiger partial charge in [0.25, 0.3) is 11.8 Å². The molecule has 1 heterocycles. The second-order valence-electron chi connectivity index (χ2n) is 4.66. The van der Waals surface area contributed by atoms with E-state index in [0.717, 1.165) is 4.88 Å². The summed E-state index contributed by atoms with van der Waals surface area (Å²) in [6, 6.07) is 8.44. The van der Waals surface area contributed by atoms with E-state index in [1.165, 1.54) is 30.4 Å². The van der Waals surface area contributed by atoms with Gasteiger partial charge in [0.15, 0.2) is 6.10 Å². The lowest BCUT2D eigenvalue weighted by atomic mass is 10.3. The first-order valence-corrected chi connectivity index (χ1v) is 8.52. The molecule has 0 aliphatic heterocycles. The Bertz CT molecular complexity index is 748. The number of thiophene rings is 1. The lowest BCUT2D eigenvalue weighted by molar-refractivity contribution is -0.131. The predicted octanol–water partition coefficient (Wildman–Crippen LogP) is 3.68. The van der Waals surface area contributed by atoms with Crippen LogP contribution in [0, 0.1) is 0 Å². The first-order chi connectivity index (χ1) is 11.5. The molecular weight excluding hydrogens is 371 g/mol. The fraction of sp³-hybridized carbons (Fsp3) is 0.125. The van der Waals surface area contributed by atoms with Crippen molar-refractivity contribution < 1.29 is 14.3 Å². The van der Waals surface area contributed by atoms with E-state index in [4.69, 9.17) is 27.9 Å². The van der Waals surface area contributed by atoms with Gasteiger partial charge in [0, 0.05) is 16.0 Å². The third-order valence-corrected chi connectivity index (χ3v) is 4.19. The zero-order valence-corrected chi connectivity index (χ0v) is 14.9. The lowest BCUT2D eigenvalue weighted by Gasteiger charge is -2.15. The summed E-state index contributed by atoms with van der Waals surface area (Å²) in [4.78, 5) is 24.5. The minimum Gasteiger partial charge on any atom is -0.479 e. The van der Waals surface area contributed by atoms with Crippen LogP contribution in [-0.4, -0.2) is 17.9 Å². The molecule has 0 saturated carbocycles. The number of nitrogens with one attached hydrogen (secondary N) is 2. The van der Waals surface area contributed by atoms with Gasteiger partial charge in [-0.1, -0.05) is 29.3 Å². The number of hydrazine groups is 1. The fourth-order valence-corrected chi connectivity index (χ4v) is 2.70. The van der Waals surface area contributed by atoms with Gasteiger partial charge in [0.2, 0.25) is 0 Å². The highest BCUT2D eigenvalue weighted by Crippen LogP contribution is 2.28. The average molecular weight is 385 g/mol. The van der Waals surface area contributed by atoms with Gasteiger partial charge in [-0.05, 0) is 42.6 Å². The Kier molecular flexibility index (Phi) is 6.66. The maximum atomic E-state index is 11.9. The smallest absolute Gasteiger partial charge is 0.279 e. The Balaban J connectivity index is 1.82. The van der Waals surface area contributed by atoms with Gasteiger partial charge in [0.1, 0.15) is 5.75 Å². The second-order valence-corrected chi connectivity index (χ2v) is 6.48. The molecule has 1 atom stereocenters. The first-order valence-electron chi connectivity index (χ1n) is 6.89. The minimum atomic E-state index is -0.856. The highest BCUT2D eigenvalue weighted by atomic mass is 35.5. The molecule has 5 nitrogen and oxygen atoms in total. The molecule has 2 aromatic rings. The van der Waals surface area contributed by atoms with E-state index >= 15 is 0 Å². The van der Waals surface area contributed by atoms with Crippen LogP contribution in [-0.2, 0) is 9.59 Å². The predicted molar refractivity (Wildman–Crippen MR) is 96.2 cm³/mol. The van der Waals surface area contributed by atoms with Crippen molar-refractivity contribution in [3.05, 3.63) is 56.7 Å². The molecule has 1 unspecified atom stereocenters. The molecule has 1 aromatic heterocycles. The van der Waals surface area contributed by atoms with Gasteiger partial charge < -0.3 is 4.74 Å². The monoisotopic (exact) mass is 384 g/mol. The molecule has 8 heteroatoms. The van der Waals surface area contributed by atoms with Crippen LogP contribution < -0.4 is 15.6 Å². The van der Waals surface area contributed by atoms with Crippen LogP contribution in [0.5, 0.6) is 5.75 Å². The van der Waals surface area contributed by atoms with Crippen molar-refractivity contribution in [2.75, 3.05) is 0 Å². The molecule has 1 aromatic carbocycles. The van der Waals surface area contributed by atoms with E-state index < -0.39 is 17.9 Å². The van der Waals surface area contributed by atoms with E-state index in [1.54, 1.807) is 18.2 Å². The summed E-state index contributed by atoms with van der Waals surface area (Å²) < 4.78 is 5.44. The summed E-state index contributed by atoms with van der Waals surface area (Å²) in [6.07, 6.45) is 2.12. The zero-order valence-electron chi connectivity index (χ0n) is 12.6. The summed E-state index contributed by atoms with van der Waals surface area (Å²) in [6.45, 7) is 1.54. The topological polar surface area (TPSA) is 67.4 Å². The van der Waals surface area contributed by atoms with Crippen molar-refractivity contribution >= 4 is 52.4 Å².